The molecule has 0 aromatic rings. The first-order valence-corrected chi connectivity index (χ1v) is 2.76. The van der Waals surface area contributed by atoms with Crippen molar-refractivity contribution in [1.82, 2.24) is 0 Å². The van der Waals surface area contributed by atoms with Crippen LogP contribution in [0.5, 0.6) is 0 Å². The van der Waals surface area contributed by atoms with Gasteiger partial charge in [-0.05, 0) is 0 Å². The van der Waals surface area contributed by atoms with Gasteiger partial charge in [-0.1, -0.05) is 0 Å². The molecule has 0 aromatic heterocycles. The average Bonchev–Trinajstić information content (AvgIpc) is 1.84. The Balaban J connectivity index is -0.0000000522. The molecule has 0 aromatic carbocycles. The Bertz CT molecular complexity index is 201. The number of aliphatic carboxylic acids is 3. The molecule has 0 heterocycles. The Hall–Kier alpha value is -1.39. The molecule has 8 heteroatoms. The third-order valence-corrected chi connectivity index (χ3v) is 0.0956. The van der Waals surface area contributed by atoms with E-state index in [1.807, 2.05) is 0 Å². The van der Waals surface area contributed by atoms with Gasteiger partial charge in [-0.15, -0.1) is 0 Å². The monoisotopic (exact) mass is 239 g/mol. The van der Waals surface area contributed by atoms with E-state index in [2.05, 4.69) is 0 Å². The average molecular weight is 239 g/mol. The predicted octanol–water partition coefficient (Wildman–Crippen LogP) is -0.226. The van der Waals surface area contributed by atoms with Gasteiger partial charge in [0.1, 0.15) is 0 Å². The van der Waals surface area contributed by atoms with Crippen LogP contribution in [0.15, 0.2) is 0 Å². The fourth-order valence-electron chi connectivity index (χ4n) is 0. The first-order valence-electron chi connectivity index (χ1n) is 2.76. The van der Waals surface area contributed by atoms with Crippen molar-refractivity contribution in [2.24, 2.45) is 0 Å². The van der Waals surface area contributed by atoms with Crippen molar-refractivity contribution in [3.63, 3.8) is 0 Å². The van der Waals surface area contributed by atoms with E-state index in [4.69, 9.17) is 35.0 Å². The maximum absolute atomic E-state index is 9.01. The maximum atomic E-state index is 9.01. The van der Waals surface area contributed by atoms with Crippen molar-refractivity contribution in [2.75, 3.05) is 0 Å². The van der Waals surface area contributed by atoms with Gasteiger partial charge in [0.25, 0.3) is 11.9 Å². The van der Waals surface area contributed by atoms with Crippen LogP contribution < -0.4 is 0 Å². The van der Waals surface area contributed by atoms with Gasteiger partial charge in [0.15, 0.2) is 6.07 Å². The van der Waals surface area contributed by atoms with E-state index < -0.39 is 17.9 Å². The van der Waals surface area contributed by atoms with Crippen LogP contribution in [0.2, 0.25) is 0 Å². The van der Waals surface area contributed by atoms with Crippen LogP contribution in [0.25, 0.3) is 0 Å². The molecule has 7 nitrogen and oxygen atoms in total. The van der Waals surface area contributed by atoms with Crippen LogP contribution in [0.1, 0.15) is 13.8 Å². The number of nitrogens with zero attached hydrogens (tertiary/aromatic N) is 1. The molecule has 0 rings (SSSR count). The summed E-state index contributed by atoms with van der Waals surface area (Å²) in [5.74, 6) is -3.11. The Morgan fingerprint density at radius 3 is 1.07 bits per heavy atom. The van der Waals surface area contributed by atoms with Crippen LogP contribution >= 0.6 is 0 Å². The molecule has 3 N–H and O–H groups in total. The Morgan fingerprint density at radius 2 is 1.07 bits per heavy atom. The zero-order valence-corrected chi connectivity index (χ0v) is 9.08. The molecule has 0 fully saturated rings. The molecule has 0 bridgehead atoms. The molecule has 0 aliphatic heterocycles. The van der Waals surface area contributed by atoms with Gasteiger partial charge in [0.2, 0.25) is 0 Å². The quantitative estimate of drug-likeness (QED) is 0.301. The standard InChI is InChI=1S/C2HNO2.2C2H4O2.Ti/c3-1-2(4)5;2*1-2(3)4;/h(H,4,5);2*1H3,(H,3,4);. The molecule has 0 aliphatic rings. The van der Waals surface area contributed by atoms with E-state index in [0.717, 1.165) is 19.9 Å². The smallest absolute Gasteiger partial charge is 0.408 e. The van der Waals surface area contributed by atoms with E-state index >= 15 is 0 Å². The number of hydrogen-bond acceptors (Lipinski definition) is 4. The topological polar surface area (TPSA) is 136 Å². The summed E-state index contributed by atoms with van der Waals surface area (Å²) < 4.78 is 0. The number of nitriles is 1. The Labute approximate surface area is 94.8 Å². The molecular formula is C6H9NO6Ti. The van der Waals surface area contributed by atoms with Crippen molar-refractivity contribution in [2.45, 2.75) is 13.8 Å². The first-order chi connectivity index (χ1) is 5.73. The van der Waals surface area contributed by atoms with Gasteiger partial charge >= 0.3 is 5.97 Å². The van der Waals surface area contributed by atoms with Gasteiger partial charge in [-0.2, -0.15) is 5.26 Å². The maximum Gasteiger partial charge on any atom is 0.408 e. The summed E-state index contributed by atoms with van der Waals surface area (Å²) in [5, 5.41) is 29.5. The summed E-state index contributed by atoms with van der Waals surface area (Å²) in [4.78, 5) is 27.0. The summed E-state index contributed by atoms with van der Waals surface area (Å²) in [6.07, 6.45) is 0. The molecular weight excluding hydrogens is 230 g/mol. The fraction of sp³-hybridized carbons (Fsp3) is 0.333. The van der Waals surface area contributed by atoms with E-state index in [1.165, 1.54) is 0 Å². The molecule has 0 radical (unpaired) electrons. The summed E-state index contributed by atoms with van der Waals surface area (Å²) >= 11 is 0. The van der Waals surface area contributed by atoms with Crippen molar-refractivity contribution in [3.8, 4) is 6.07 Å². The van der Waals surface area contributed by atoms with Gasteiger partial charge in [-0.25, -0.2) is 4.79 Å². The van der Waals surface area contributed by atoms with Crippen LogP contribution in [-0.4, -0.2) is 33.2 Å². The van der Waals surface area contributed by atoms with Crippen molar-refractivity contribution in [3.05, 3.63) is 0 Å². The van der Waals surface area contributed by atoms with Crippen molar-refractivity contribution >= 4 is 17.9 Å². The van der Waals surface area contributed by atoms with E-state index in [0.29, 0.717) is 0 Å². The zero-order chi connectivity index (χ0) is 11.4. The number of rotatable bonds is 0. The normalized spacial score (nSPS) is 5.50. The van der Waals surface area contributed by atoms with Crippen molar-refractivity contribution < 1.29 is 51.4 Å². The fourth-order valence-corrected chi connectivity index (χ4v) is 0. The zero-order valence-electron chi connectivity index (χ0n) is 7.51. The van der Waals surface area contributed by atoms with Crippen LogP contribution in [-0.2, 0) is 36.1 Å². The second-order valence-corrected chi connectivity index (χ2v) is 1.45. The van der Waals surface area contributed by atoms with Crippen LogP contribution in [0.4, 0.5) is 0 Å². The largest absolute Gasteiger partial charge is 0.481 e. The second kappa shape index (κ2) is 17.6. The summed E-state index contributed by atoms with van der Waals surface area (Å²) in [6.45, 7) is 2.17. The minimum atomic E-state index is -1.44. The molecule has 78 valence electrons. The Morgan fingerprint density at radius 1 is 1.00 bits per heavy atom. The second-order valence-electron chi connectivity index (χ2n) is 1.45. The SMILES string of the molecule is CC(=O)O.CC(=O)O.N#CC(=O)O.[Ti]. The molecule has 14 heavy (non-hydrogen) atoms. The molecule has 0 saturated carbocycles. The molecule has 0 aliphatic carbocycles. The number of carboxylic acids is 3. The number of carboxylic acid groups (broad SMARTS) is 3. The number of hydrogen-bond donors (Lipinski definition) is 3. The van der Waals surface area contributed by atoms with Gasteiger partial charge < -0.3 is 15.3 Å². The molecule has 0 atom stereocenters. The number of carbonyl (C=O) groups is 3. The predicted molar refractivity (Wildman–Crippen MR) is 39.9 cm³/mol. The van der Waals surface area contributed by atoms with Crippen LogP contribution in [0, 0.1) is 11.3 Å². The molecule has 0 amide bonds. The van der Waals surface area contributed by atoms with Crippen molar-refractivity contribution in [1.29, 1.82) is 5.26 Å². The Kier molecular flexibility index (Phi) is 28.9. The first kappa shape index (κ1) is 22.9. The van der Waals surface area contributed by atoms with Gasteiger partial charge in [-0.3, -0.25) is 9.59 Å². The van der Waals surface area contributed by atoms with E-state index in [1.54, 1.807) is 0 Å². The van der Waals surface area contributed by atoms with Gasteiger partial charge in [0, 0.05) is 35.6 Å². The minimum absolute atomic E-state index is 0. The molecule has 0 saturated heterocycles. The van der Waals surface area contributed by atoms with Gasteiger partial charge in [0.05, 0.1) is 0 Å². The van der Waals surface area contributed by atoms with E-state index in [-0.39, 0.29) is 21.7 Å². The summed E-state index contributed by atoms with van der Waals surface area (Å²) in [7, 11) is 0. The minimum Gasteiger partial charge on any atom is -0.481 e. The molecule has 0 unspecified atom stereocenters. The third-order valence-electron chi connectivity index (χ3n) is 0.0956. The third kappa shape index (κ3) is 2600. The van der Waals surface area contributed by atoms with Crippen LogP contribution in [0.3, 0.4) is 0 Å². The van der Waals surface area contributed by atoms with E-state index in [9.17, 15) is 0 Å². The summed E-state index contributed by atoms with van der Waals surface area (Å²) in [6, 6.07) is 0.944. The molecule has 0 spiro atoms. The summed E-state index contributed by atoms with van der Waals surface area (Å²) in [5.41, 5.74) is 0.